The van der Waals surface area contributed by atoms with Crippen molar-refractivity contribution < 1.29 is 4.74 Å². The summed E-state index contributed by atoms with van der Waals surface area (Å²) in [5.41, 5.74) is 8.97. The predicted molar refractivity (Wildman–Crippen MR) is 80.3 cm³/mol. The fourth-order valence-corrected chi connectivity index (χ4v) is 3.20. The van der Waals surface area contributed by atoms with Gasteiger partial charge in [0.25, 0.3) is 0 Å². The summed E-state index contributed by atoms with van der Waals surface area (Å²) in [5, 5.41) is 0. The zero-order chi connectivity index (χ0) is 13.9. The zero-order valence-electron chi connectivity index (χ0n) is 12.5. The Balaban J connectivity index is 2.19. The molecule has 1 aromatic carbocycles. The first-order valence-electron chi connectivity index (χ1n) is 7.58. The summed E-state index contributed by atoms with van der Waals surface area (Å²) in [6.45, 7) is 7.24. The van der Waals surface area contributed by atoms with Crippen molar-refractivity contribution in [1.29, 1.82) is 0 Å². The zero-order valence-corrected chi connectivity index (χ0v) is 12.5. The van der Waals surface area contributed by atoms with E-state index in [4.69, 9.17) is 10.5 Å². The molecule has 1 unspecified atom stereocenters. The Bertz CT molecular complexity index is 390. The average molecular weight is 261 g/mol. The molecule has 0 aliphatic heterocycles. The molecule has 0 bridgehead atoms. The van der Waals surface area contributed by atoms with Gasteiger partial charge in [-0.05, 0) is 36.8 Å². The molecule has 1 aliphatic rings. The fraction of sp³-hybridized carbons (Fsp3) is 0.647. The SMILES string of the molecule is CCOC1(C(N)c2ccc(C(C)C)cc2)CCCC1. The maximum absolute atomic E-state index is 6.52. The standard InChI is InChI=1S/C17H27NO/c1-4-19-17(11-5-6-12-17)16(18)15-9-7-14(8-10-15)13(2)3/h7-10,13,16H,4-6,11-12,18H2,1-3H3. The topological polar surface area (TPSA) is 35.2 Å². The second-order valence-corrected chi connectivity index (χ2v) is 6.00. The molecule has 0 heterocycles. The molecule has 0 saturated heterocycles. The van der Waals surface area contributed by atoms with Gasteiger partial charge in [-0.15, -0.1) is 0 Å². The lowest BCUT2D eigenvalue weighted by Gasteiger charge is -2.35. The van der Waals surface area contributed by atoms with Gasteiger partial charge in [-0.25, -0.2) is 0 Å². The van der Waals surface area contributed by atoms with Crippen LogP contribution in [0.1, 0.15) is 69.5 Å². The summed E-state index contributed by atoms with van der Waals surface area (Å²) in [6, 6.07) is 8.76. The Morgan fingerprint density at radius 2 is 1.63 bits per heavy atom. The van der Waals surface area contributed by atoms with Crippen LogP contribution in [0.15, 0.2) is 24.3 Å². The van der Waals surface area contributed by atoms with Gasteiger partial charge < -0.3 is 10.5 Å². The van der Waals surface area contributed by atoms with Crippen LogP contribution in [0.4, 0.5) is 0 Å². The van der Waals surface area contributed by atoms with Gasteiger partial charge >= 0.3 is 0 Å². The number of hydrogen-bond donors (Lipinski definition) is 1. The minimum absolute atomic E-state index is 0.00355. The Morgan fingerprint density at radius 1 is 1.11 bits per heavy atom. The third-order valence-electron chi connectivity index (χ3n) is 4.41. The molecule has 1 atom stereocenters. The van der Waals surface area contributed by atoms with Crippen molar-refractivity contribution in [2.24, 2.45) is 5.73 Å². The van der Waals surface area contributed by atoms with E-state index < -0.39 is 0 Å². The lowest BCUT2D eigenvalue weighted by molar-refractivity contribution is -0.0536. The van der Waals surface area contributed by atoms with Crippen LogP contribution in [0.3, 0.4) is 0 Å². The van der Waals surface area contributed by atoms with Crippen LogP contribution in [0, 0.1) is 0 Å². The second-order valence-electron chi connectivity index (χ2n) is 6.00. The Hall–Kier alpha value is -0.860. The van der Waals surface area contributed by atoms with E-state index in [0.717, 1.165) is 19.4 Å². The van der Waals surface area contributed by atoms with E-state index in [0.29, 0.717) is 5.92 Å². The van der Waals surface area contributed by atoms with Crippen LogP contribution in [0.25, 0.3) is 0 Å². The van der Waals surface area contributed by atoms with Crippen molar-refractivity contribution in [3.05, 3.63) is 35.4 Å². The van der Waals surface area contributed by atoms with Gasteiger partial charge in [0.2, 0.25) is 0 Å². The van der Waals surface area contributed by atoms with Gasteiger partial charge in [0, 0.05) is 6.61 Å². The summed E-state index contributed by atoms with van der Waals surface area (Å²) >= 11 is 0. The first kappa shape index (κ1) is 14.5. The number of rotatable bonds is 5. The van der Waals surface area contributed by atoms with Crippen molar-refractivity contribution in [3.8, 4) is 0 Å². The summed E-state index contributed by atoms with van der Waals surface area (Å²) in [7, 11) is 0. The Morgan fingerprint density at radius 3 is 2.11 bits per heavy atom. The summed E-state index contributed by atoms with van der Waals surface area (Å²) in [4.78, 5) is 0. The van der Waals surface area contributed by atoms with E-state index >= 15 is 0 Å². The first-order valence-corrected chi connectivity index (χ1v) is 7.58. The molecule has 0 aromatic heterocycles. The fourth-order valence-electron chi connectivity index (χ4n) is 3.20. The number of benzene rings is 1. The molecule has 0 spiro atoms. The van der Waals surface area contributed by atoms with Crippen molar-refractivity contribution in [2.45, 2.75) is 64.0 Å². The normalized spacial score (nSPS) is 19.8. The summed E-state index contributed by atoms with van der Waals surface area (Å²) in [6.07, 6.45) is 4.65. The molecule has 2 N–H and O–H groups in total. The van der Waals surface area contributed by atoms with Crippen molar-refractivity contribution in [1.82, 2.24) is 0 Å². The lowest BCUT2D eigenvalue weighted by Crippen LogP contribution is -2.41. The minimum atomic E-state index is -0.131. The van der Waals surface area contributed by atoms with Gasteiger partial charge in [0.15, 0.2) is 0 Å². The maximum Gasteiger partial charge on any atom is 0.0874 e. The number of nitrogens with two attached hydrogens (primary N) is 1. The van der Waals surface area contributed by atoms with Crippen LogP contribution in [-0.4, -0.2) is 12.2 Å². The van der Waals surface area contributed by atoms with Gasteiger partial charge in [-0.2, -0.15) is 0 Å². The molecule has 2 heteroatoms. The van der Waals surface area contributed by atoms with Crippen LogP contribution >= 0.6 is 0 Å². The van der Waals surface area contributed by atoms with Crippen molar-refractivity contribution in [2.75, 3.05) is 6.61 Å². The highest BCUT2D eigenvalue weighted by atomic mass is 16.5. The Kier molecular flexibility index (Phi) is 4.64. The Labute approximate surface area is 117 Å². The monoisotopic (exact) mass is 261 g/mol. The molecular weight excluding hydrogens is 234 g/mol. The molecule has 2 rings (SSSR count). The third kappa shape index (κ3) is 3.01. The highest BCUT2D eigenvalue weighted by Gasteiger charge is 2.40. The largest absolute Gasteiger partial charge is 0.373 e. The number of ether oxygens (including phenoxy) is 1. The van der Waals surface area contributed by atoms with Gasteiger partial charge in [-0.3, -0.25) is 0 Å². The van der Waals surface area contributed by atoms with Crippen LogP contribution in [0.2, 0.25) is 0 Å². The molecule has 1 saturated carbocycles. The van der Waals surface area contributed by atoms with E-state index in [2.05, 4.69) is 45.0 Å². The van der Waals surface area contributed by atoms with Crippen molar-refractivity contribution >= 4 is 0 Å². The van der Waals surface area contributed by atoms with E-state index in [1.165, 1.54) is 24.0 Å². The first-order chi connectivity index (χ1) is 9.09. The average Bonchev–Trinajstić information content (AvgIpc) is 2.88. The van der Waals surface area contributed by atoms with Gasteiger partial charge in [-0.1, -0.05) is 51.0 Å². The van der Waals surface area contributed by atoms with Gasteiger partial charge in [0.1, 0.15) is 0 Å². The quantitative estimate of drug-likeness (QED) is 0.863. The van der Waals surface area contributed by atoms with E-state index in [1.54, 1.807) is 0 Å². The molecule has 1 aliphatic carbocycles. The van der Waals surface area contributed by atoms with Crippen molar-refractivity contribution in [3.63, 3.8) is 0 Å². The second kappa shape index (κ2) is 6.06. The van der Waals surface area contributed by atoms with E-state index in [9.17, 15) is 0 Å². The summed E-state index contributed by atoms with van der Waals surface area (Å²) in [5.74, 6) is 0.567. The van der Waals surface area contributed by atoms with Crippen LogP contribution < -0.4 is 5.73 Å². The highest BCUT2D eigenvalue weighted by Crippen LogP contribution is 2.41. The molecule has 19 heavy (non-hydrogen) atoms. The molecule has 1 fully saturated rings. The predicted octanol–water partition coefficient (Wildman–Crippen LogP) is 4.16. The minimum Gasteiger partial charge on any atom is -0.373 e. The molecule has 0 radical (unpaired) electrons. The van der Waals surface area contributed by atoms with E-state index in [-0.39, 0.29) is 11.6 Å². The highest BCUT2D eigenvalue weighted by molar-refractivity contribution is 5.28. The molecule has 106 valence electrons. The number of hydrogen-bond acceptors (Lipinski definition) is 2. The van der Waals surface area contributed by atoms with Crippen LogP contribution in [0.5, 0.6) is 0 Å². The molecule has 1 aromatic rings. The lowest BCUT2D eigenvalue weighted by atomic mass is 9.86. The smallest absolute Gasteiger partial charge is 0.0874 e. The molecule has 2 nitrogen and oxygen atoms in total. The molecule has 0 amide bonds. The maximum atomic E-state index is 6.52. The van der Waals surface area contributed by atoms with E-state index in [1.807, 2.05) is 0 Å². The van der Waals surface area contributed by atoms with Crippen LogP contribution in [-0.2, 0) is 4.74 Å². The summed E-state index contributed by atoms with van der Waals surface area (Å²) < 4.78 is 6.06. The third-order valence-corrected chi connectivity index (χ3v) is 4.41. The van der Waals surface area contributed by atoms with Gasteiger partial charge in [0.05, 0.1) is 11.6 Å². The molecular formula is C17H27NO.